The number of nitrogens with one attached hydrogen (secondary N) is 1. The van der Waals surface area contributed by atoms with Crippen LogP contribution >= 0.6 is 15.9 Å². The zero-order valence-electron chi connectivity index (χ0n) is 18.8. The van der Waals surface area contributed by atoms with E-state index in [1.54, 1.807) is 18.2 Å². The average Bonchev–Trinajstić information content (AvgIpc) is 3.36. The number of hydrogen-bond donors (Lipinski definition) is 1. The number of carbonyl (C=O) groups excluding carboxylic acids is 3. The molecule has 1 aliphatic rings. The highest BCUT2D eigenvalue weighted by atomic mass is 79.9. The number of nitrogens with zero attached hydrogens (tertiary/aromatic N) is 1. The van der Waals surface area contributed by atoms with Crippen LogP contribution in [-0.4, -0.2) is 42.6 Å². The summed E-state index contributed by atoms with van der Waals surface area (Å²) < 4.78 is 22.3. The molecular weight excluding hydrogens is 496 g/mol. The van der Waals surface area contributed by atoms with E-state index < -0.39 is 17.9 Å². The van der Waals surface area contributed by atoms with Crippen LogP contribution in [0.3, 0.4) is 0 Å². The fourth-order valence-electron chi connectivity index (χ4n) is 3.04. The third-order valence-electron chi connectivity index (χ3n) is 4.86. The number of benzene rings is 1. The van der Waals surface area contributed by atoms with Crippen LogP contribution in [0.15, 0.2) is 38.9 Å². The molecule has 9 nitrogen and oxygen atoms in total. The van der Waals surface area contributed by atoms with E-state index in [4.69, 9.17) is 13.9 Å². The van der Waals surface area contributed by atoms with Gasteiger partial charge in [-0.25, -0.2) is 9.59 Å². The van der Waals surface area contributed by atoms with E-state index in [0.717, 1.165) is 11.3 Å². The Bertz CT molecular complexity index is 1090. The van der Waals surface area contributed by atoms with Gasteiger partial charge >= 0.3 is 12.0 Å². The number of ether oxygens (including phenoxy) is 3. The second kappa shape index (κ2) is 10.6. The van der Waals surface area contributed by atoms with Crippen LogP contribution in [0.2, 0.25) is 0 Å². The fraction of sp³-hybridized carbons (Fsp3) is 0.348. The summed E-state index contributed by atoms with van der Waals surface area (Å²) in [4.78, 5) is 37.8. The van der Waals surface area contributed by atoms with Gasteiger partial charge in [-0.15, -0.1) is 0 Å². The molecule has 10 heteroatoms. The first-order chi connectivity index (χ1) is 15.8. The van der Waals surface area contributed by atoms with E-state index in [1.807, 2.05) is 20.8 Å². The number of imide groups is 1. The van der Waals surface area contributed by atoms with Crippen LogP contribution in [0.4, 0.5) is 4.79 Å². The summed E-state index contributed by atoms with van der Waals surface area (Å²) in [5.74, 6) is 0.200. The first-order valence-corrected chi connectivity index (χ1v) is 11.2. The summed E-state index contributed by atoms with van der Waals surface area (Å²) in [6.45, 7) is 6.16. The van der Waals surface area contributed by atoms with Crippen molar-refractivity contribution in [1.82, 2.24) is 10.2 Å². The van der Waals surface area contributed by atoms with Gasteiger partial charge in [0, 0.05) is 0 Å². The van der Waals surface area contributed by atoms with Gasteiger partial charge in [0.2, 0.25) is 5.76 Å². The lowest BCUT2D eigenvalue weighted by atomic mass is 10.1. The van der Waals surface area contributed by atoms with Gasteiger partial charge in [-0.3, -0.25) is 9.69 Å². The van der Waals surface area contributed by atoms with E-state index in [-0.39, 0.29) is 29.9 Å². The van der Waals surface area contributed by atoms with Gasteiger partial charge in [-0.1, -0.05) is 6.92 Å². The average molecular weight is 521 g/mol. The van der Waals surface area contributed by atoms with Crippen molar-refractivity contribution in [3.05, 3.63) is 51.5 Å². The van der Waals surface area contributed by atoms with Crippen LogP contribution < -0.4 is 14.8 Å². The maximum Gasteiger partial charge on any atom is 0.373 e. The van der Waals surface area contributed by atoms with Crippen molar-refractivity contribution < 1.29 is 33.0 Å². The van der Waals surface area contributed by atoms with E-state index in [2.05, 4.69) is 26.0 Å². The van der Waals surface area contributed by atoms with Crippen molar-refractivity contribution in [3.63, 3.8) is 0 Å². The Morgan fingerprint density at radius 2 is 2.03 bits per heavy atom. The number of halogens is 1. The number of furan rings is 1. The van der Waals surface area contributed by atoms with Crippen molar-refractivity contribution in [1.29, 1.82) is 0 Å². The van der Waals surface area contributed by atoms with Gasteiger partial charge in [0.15, 0.2) is 11.5 Å². The highest BCUT2D eigenvalue weighted by molar-refractivity contribution is 9.10. The summed E-state index contributed by atoms with van der Waals surface area (Å²) in [5, 5.41) is 2.57. The Hall–Kier alpha value is -3.27. The van der Waals surface area contributed by atoms with Gasteiger partial charge in [-0.05, 0) is 72.1 Å². The Morgan fingerprint density at radius 3 is 2.70 bits per heavy atom. The third kappa shape index (κ3) is 5.57. The monoisotopic (exact) mass is 520 g/mol. The number of esters is 1. The van der Waals surface area contributed by atoms with Crippen molar-refractivity contribution in [3.8, 4) is 11.5 Å². The topological polar surface area (TPSA) is 107 Å². The van der Waals surface area contributed by atoms with E-state index in [1.165, 1.54) is 19.2 Å². The molecule has 1 fully saturated rings. The zero-order chi connectivity index (χ0) is 24.1. The van der Waals surface area contributed by atoms with Crippen LogP contribution in [0.1, 0.15) is 49.1 Å². The summed E-state index contributed by atoms with van der Waals surface area (Å²) in [6, 6.07) is 5.87. The van der Waals surface area contributed by atoms with Gasteiger partial charge in [0.05, 0.1) is 30.8 Å². The minimum Gasteiger partial charge on any atom is -0.490 e. The van der Waals surface area contributed by atoms with E-state index in [0.29, 0.717) is 28.1 Å². The van der Waals surface area contributed by atoms with Gasteiger partial charge in [0.1, 0.15) is 11.5 Å². The highest BCUT2D eigenvalue weighted by Crippen LogP contribution is 2.38. The number of amides is 3. The molecule has 1 aliphatic heterocycles. The molecule has 2 heterocycles. The Labute approximate surface area is 199 Å². The molecule has 3 amide bonds. The molecule has 0 unspecified atom stereocenters. The molecule has 1 aromatic carbocycles. The molecule has 0 bridgehead atoms. The molecule has 0 aliphatic carbocycles. The first-order valence-electron chi connectivity index (χ1n) is 10.4. The predicted molar refractivity (Wildman–Crippen MR) is 123 cm³/mol. The highest BCUT2D eigenvalue weighted by Gasteiger charge is 2.34. The fourth-order valence-corrected chi connectivity index (χ4v) is 3.60. The lowest BCUT2D eigenvalue weighted by molar-refractivity contribution is -0.123. The second-order valence-electron chi connectivity index (χ2n) is 7.24. The van der Waals surface area contributed by atoms with Crippen molar-refractivity contribution >= 4 is 39.9 Å². The molecule has 2 aromatic rings. The van der Waals surface area contributed by atoms with Crippen LogP contribution in [0.5, 0.6) is 11.5 Å². The van der Waals surface area contributed by atoms with Crippen molar-refractivity contribution in [2.45, 2.75) is 39.8 Å². The first kappa shape index (κ1) is 24.4. The summed E-state index contributed by atoms with van der Waals surface area (Å²) in [6.07, 6.45) is 2.38. The summed E-state index contributed by atoms with van der Waals surface area (Å²) in [5.41, 5.74) is 0.739. The quantitative estimate of drug-likeness (QED) is 0.294. The van der Waals surface area contributed by atoms with Gasteiger partial charge in [0.25, 0.3) is 5.91 Å². The Balaban J connectivity index is 1.83. The molecule has 0 saturated carbocycles. The van der Waals surface area contributed by atoms with E-state index >= 15 is 0 Å². The smallest absolute Gasteiger partial charge is 0.373 e. The molecule has 1 saturated heterocycles. The molecule has 0 spiro atoms. The normalized spacial score (nSPS) is 15.5. The van der Waals surface area contributed by atoms with Gasteiger partial charge < -0.3 is 23.9 Å². The number of carbonyl (C=O) groups is 3. The number of hydrogen-bond acceptors (Lipinski definition) is 7. The van der Waals surface area contributed by atoms with Crippen LogP contribution in [0.25, 0.3) is 6.08 Å². The number of methoxy groups -OCH3 is 1. The molecule has 33 heavy (non-hydrogen) atoms. The van der Waals surface area contributed by atoms with Crippen LogP contribution in [0, 0.1) is 0 Å². The summed E-state index contributed by atoms with van der Waals surface area (Å²) >= 11 is 3.51. The molecule has 0 radical (unpaired) electrons. The number of urea groups is 1. The van der Waals surface area contributed by atoms with E-state index in [9.17, 15) is 14.4 Å². The second-order valence-corrected chi connectivity index (χ2v) is 8.09. The summed E-state index contributed by atoms with van der Waals surface area (Å²) in [7, 11) is 1.23. The molecule has 1 N–H and O–H groups in total. The maximum absolute atomic E-state index is 12.8. The van der Waals surface area contributed by atoms with Crippen molar-refractivity contribution in [2.24, 2.45) is 0 Å². The predicted octanol–water partition coefficient (Wildman–Crippen LogP) is 4.50. The third-order valence-corrected chi connectivity index (χ3v) is 5.45. The molecule has 3 rings (SSSR count). The molecule has 1 atom stereocenters. The Kier molecular flexibility index (Phi) is 7.80. The van der Waals surface area contributed by atoms with Gasteiger partial charge in [-0.2, -0.15) is 0 Å². The number of rotatable bonds is 9. The molecule has 1 aromatic heterocycles. The molecular formula is C23H25BrN2O7. The molecule has 176 valence electrons. The van der Waals surface area contributed by atoms with Crippen LogP contribution in [-0.2, 0) is 16.1 Å². The van der Waals surface area contributed by atoms with Crippen molar-refractivity contribution in [2.75, 3.05) is 13.7 Å². The SMILES string of the molecule is CCOc1cc(/C=C2\NC(=O)N(Cc3ccc(C(=O)OC)o3)C2=O)cc(Br)c1O[C@H](C)CC. The maximum atomic E-state index is 12.8. The standard InChI is InChI=1S/C23H25BrN2O7/c1-5-13(3)32-20-16(24)9-14(11-19(20)31-6-2)10-17-21(27)26(23(29)25-17)12-15-7-8-18(33-15)22(28)30-4/h7-11,13H,5-6,12H2,1-4H3,(H,25,29)/b17-10-/t13-/m1/s1. The minimum absolute atomic E-state index is 0.00438. The lowest BCUT2D eigenvalue weighted by Crippen LogP contribution is -2.30. The largest absolute Gasteiger partial charge is 0.490 e. The Morgan fingerprint density at radius 1 is 1.27 bits per heavy atom. The lowest BCUT2D eigenvalue weighted by Gasteiger charge is -2.18. The minimum atomic E-state index is -0.643. The zero-order valence-corrected chi connectivity index (χ0v) is 20.4.